The number of nitrogens with zero attached hydrogens (tertiary/aromatic N) is 4. The molecular formula is C17H16BrN5O2. The van der Waals surface area contributed by atoms with Gasteiger partial charge in [0.25, 0.3) is 5.91 Å². The molecule has 1 N–H and O–H groups in total. The Bertz CT molecular complexity index is 863. The monoisotopic (exact) mass is 401 g/mol. The van der Waals surface area contributed by atoms with Crippen LogP contribution in [-0.4, -0.2) is 32.7 Å². The first kappa shape index (κ1) is 17.1. The molecule has 0 spiro atoms. The Labute approximate surface area is 153 Å². The number of carbonyl (C=O) groups is 1. The van der Waals surface area contributed by atoms with Crippen molar-refractivity contribution < 1.29 is 9.53 Å². The third-order valence-corrected chi connectivity index (χ3v) is 4.14. The zero-order valence-corrected chi connectivity index (χ0v) is 15.1. The highest BCUT2D eigenvalue weighted by atomic mass is 79.9. The second kappa shape index (κ2) is 7.89. The van der Waals surface area contributed by atoms with Crippen LogP contribution < -0.4 is 10.1 Å². The number of amides is 1. The molecule has 0 radical (unpaired) electrons. The molecule has 0 saturated heterocycles. The van der Waals surface area contributed by atoms with E-state index in [1.54, 1.807) is 10.7 Å². The molecular weight excluding hydrogens is 386 g/mol. The van der Waals surface area contributed by atoms with Gasteiger partial charge in [-0.15, -0.1) is 5.10 Å². The Kier molecular flexibility index (Phi) is 5.39. The molecule has 2 aromatic carbocycles. The molecule has 0 fully saturated rings. The number of halogens is 1. The average molecular weight is 402 g/mol. The third-order valence-electron chi connectivity index (χ3n) is 3.45. The van der Waals surface area contributed by atoms with Crippen LogP contribution >= 0.6 is 15.9 Å². The third kappa shape index (κ3) is 4.03. The number of rotatable bonds is 6. The van der Waals surface area contributed by atoms with Crippen LogP contribution in [0.3, 0.4) is 0 Å². The number of tetrazole rings is 1. The predicted molar refractivity (Wildman–Crippen MR) is 95.6 cm³/mol. The summed E-state index contributed by atoms with van der Waals surface area (Å²) in [6, 6.07) is 14.7. The molecule has 0 saturated carbocycles. The van der Waals surface area contributed by atoms with Crippen molar-refractivity contribution in [3.05, 3.63) is 64.4 Å². The first-order valence-corrected chi connectivity index (χ1v) is 8.51. The number of carbonyl (C=O) groups excluding carboxylic acids is 1. The van der Waals surface area contributed by atoms with E-state index in [1.165, 1.54) is 0 Å². The van der Waals surface area contributed by atoms with Crippen molar-refractivity contribution in [2.45, 2.75) is 13.5 Å². The van der Waals surface area contributed by atoms with Crippen LogP contribution in [0.25, 0.3) is 5.69 Å². The molecule has 3 rings (SSSR count). The fourth-order valence-electron chi connectivity index (χ4n) is 2.27. The van der Waals surface area contributed by atoms with Gasteiger partial charge in [-0.1, -0.05) is 12.1 Å². The molecule has 1 aromatic heterocycles. The van der Waals surface area contributed by atoms with Crippen LogP contribution in [0.4, 0.5) is 0 Å². The van der Waals surface area contributed by atoms with Gasteiger partial charge in [0.15, 0.2) is 5.82 Å². The lowest BCUT2D eigenvalue weighted by Crippen LogP contribution is -2.25. The van der Waals surface area contributed by atoms with Gasteiger partial charge in [0.2, 0.25) is 0 Å². The lowest BCUT2D eigenvalue weighted by atomic mass is 10.2. The standard InChI is InChI=1S/C17H16BrN5O2/c1-2-25-13-9-7-12(8-10-13)23-16(20-21-22-23)11-19-17(24)14-5-3-4-6-15(14)18/h3-10H,2,11H2,1H3,(H,19,24). The molecule has 7 nitrogen and oxygen atoms in total. The van der Waals surface area contributed by atoms with E-state index in [9.17, 15) is 4.79 Å². The Morgan fingerprint density at radius 2 is 1.96 bits per heavy atom. The first-order valence-electron chi connectivity index (χ1n) is 7.72. The maximum atomic E-state index is 12.3. The number of benzene rings is 2. The van der Waals surface area contributed by atoms with E-state index in [2.05, 4.69) is 36.8 Å². The average Bonchev–Trinajstić information content (AvgIpc) is 3.09. The van der Waals surface area contributed by atoms with E-state index >= 15 is 0 Å². The summed E-state index contributed by atoms with van der Waals surface area (Å²) >= 11 is 3.37. The number of nitrogens with one attached hydrogen (secondary N) is 1. The van der Waals surface area contributed by atoms with Crippen LogP contribution in [0.15, 0.2) is 53.0 Å². The fraction of sp³-hybridized carbons (Fsp3) is 0.176. The van der Waals surface area contributed by atoms with Crippen molar-refractivity contribution in [2.24, 2.45) is 0 Å². The normalized spacial score (nSPS) is 10.5. The highest BCUT2D eigenvalue weighted by Crippen LogP contribution is 2.17. The summed E-state index contributed by atoms with van der Waals surface area (Å²) in [4.78, 5) is 12.3. The number of aromatic nitrogens is 4. The molecule has 0 aliphatic rings. The van der Waals surface area contributed by atoms with Gasteiger partial charge in [-0.05, 0) is 69.7 Å². The Hall–Kier alpha value is -2.74. The molecule has 25 heavy (non-hydrogen) atoms. The quantitative estimate of drug-likeness (QED) is 0.686. The van der Waals surface area contributed by atoms with Crippen LogP contribution in [0.2, 0.25) is 0 Å². The fourth-order valence-corrected chi connectivity index (χ4v) is 2.73. The van der Waals surface area contributed by atoms with Gasteiger partial charge in [0.05, 0.1) is 24.4 Å². The molecule has 0 aliphatic heterocycles. The first-order chi connectivity index (χ1) is 12.2. The molecule has 0 unspecified atom stereocenters. The molecule has 128 valence electrons. The van der Waals surface area contributed by atoms with Crippen molar-refractivity contribution >= 4 is 21.8 Å². The summed E-state index contributed by atoms with van der Waals surface area (Å²) in [7, 11) is 0. The molecule has 0 aliphatic carbocycles. The van der Waals surface area contributed by atoms with Gasteiger partial charge in [-0.25, -0.2) is 0 Å². The Balaban J connectivity index is 1.72. The van der Waals surface area contributed by atoms with Crippen molar-refractivity contribution in [3.63, 3.8) is 0 Å². The smallest absolute Gasteiger partial charge is 0.252 e. The van der Waals surface area contributed by atoms with Gasteiger partial charge in [0.1, 0.15) is 5.75 Å². The summed E-state index contributed by atoms with van der Waals surface area (Å²) in [5.41, 5.74) is 1.35. The van der Waals surface area contributed by atoms with Crippen molar-refractivity contribution in [1.29, 1.82) is 0 Å². The second-order valence-electron chi connectivity index (χ2n) is 5.10. The van der Waals surface area contributed by atoms with Crippen molar-refractivity contribution in [1.82, 2.24) is 25.5 Å². The minimum Gasteiger partial charge on any atom is -0.494 e. The van der Waals surface area contributed by atoms with Crippen molar-refractivity contribution in [2.75, 3.05) is 6.61 Å². The zero-order chi connectivity index (χ0) is 17.6. The number of hydrogen-bond donors (Lipinski definition) is 1. The highest BCUT2D eigenvalue weighted by Gasteiger charge is 2.13. The Morgan fingerprint density at radius 1 is 1.20 bits per heavy atom. The van der Waals surface area contributed by atoms with Crippen LogP contribution in [0.5, 0.6) is 5.75 Å². The second-order valence-corrected chi connectivity index (χ2v) is 5.95. The van der Waals surface area contributed by atoms with Crippen molar-refractivity contribution in [3.8, 4) is 11.4 Å². The van der Waals surface area contributed by atoms with Gasteiger partial charge < -0.3 is 10.1 Å². The minimum atomic E-state index is -0.200. The van der Waals surface area contributed by atoms with Gasteiger partial charge >= 0.3 is 0 Å². The molecule has 8 heteroatoms. The highest BCUT2D eigenvalue weighted by molar-refractivity contribution is 9.10. The van der Waals surface area contributed by atoms with E-state index in [4.69, 9.17) is 4.74 Å². The van der Waals surface area contributed by atoms with Gasteiger partial charge in [-0.2, -0.15) is 4.68 Å². The lowest BCUT2D eigenvalue weighted by molar-refractivity contribution is 0.0949. The zero-order valence-electron chi connectivity index (χ0n) is 13.5. The minimum absolute atomic E-state index is 0.200. The lowest BCUT2D eigenvalue weighted by Gasteiger charge is -2.08. The van der Waals surface area contributed by atoms with E-state index in [1.807, 2.05) is 49.4 Å². The largest absolute Gasteiger partial charge is 0.494 e. The topological polar surface area (TPSA) is 81.9 Å². The SMILES string of the molecule is CCOc1ccc(-n2nnnc2CNC(=O)c2ccccc2Br)cc1. The van der Waals surface area contributed by atoms with E-state index in [-0.39, 0.29) is 12.5 Å². The molecule has 0 bridgehead atoms. The maximum Gasteiger partial charge on any atom is 0.252 e. The Morgan fingerprint density at radius 3 is 2.68 bits per heavy atom. The van der Waals surface area contributed by atoms with E-state index in [0.717, 1.165) is 15.9 Å². The summed E-state index contributed by atoms with van der Waals surface area (Å²) in [5.74, 6) is 1.11. The molecule has 3 aromatic rings. The van der Waals surface area contributed by atoms with Crippen LogP contribution in [0, 0.1) is 0 Å². The predicted octanol–water partition coefficient (Wildman–Crippen LogP) is 2.75. The molecule has 1 amide bonds. The maximum absolute atomic E-state index is 12.3. The number of ether oxygens (including phenoxy) is 1. The van der Waals surface area contributed by atoms with E-state index in [0.29, 0.717) is 18.0 Å². The molecule has 0 atom stereocenters. The van der Waals surface area contributed by atoms with Crippen LogP contribution in [0.1, 0.15) is 23.1 Å². The summed E-state index contributed by atoms with van der Waals surface area (Å²) in [5, 5.41) is 14.5. The van der Waals surface area contributed by atoms with Gasteiger partial charge in [-0.3, -0.25) is 4.79 Å². The summed E-state index contributed by atoms with van der Waals surface area (Å²) < 4.78 is 7.74. The summed E-state index contributed by atoms with van der Waals surface area (Å²) in [6.07, 6.45) is 0. The van der Waals surface area contributed by atoms with Crippen LogP contribution in [-0.2, 0) is 6.54 Å². The van der Waals surface area contributed by atoms with E-state index < -0.39 is 0 Å². The molecule has 1 heterocycles. The number of hydrogen-bond acceptors (Lipinski definition) is 5. The summed E-state index contributed by atoms with van der Waals surface area (Å²) in [6.45, 7) is 2.75. The van der Waals surface area contributed by atoms with Gasteiger partial charge in [0, 0.05) is 4.47 Å².